The lowest BCUT2D eigenvalue weighted by Gasteiger charge is -2.46. The van der Waals surface area contributed by atoms with Gasteiger partial charge in [0, 0.05) is 38.7 Å². The first-order chi connectivity index (χ1) is 12.0. The minimum Gasteiger partial charge on any atom is -0.363 e. The van der Waals surface area contributed by atoms with E-state index >= 15 is 0 Å². The molecule has 2 aliphatic heterocycles. The maximum atomic E-state index is 12.9. The Morgan fingerprint density at radius 3 is 2.56 bits per heavy atom. The largest absolute Gasteiger partial charge is 0.363 e. The Hall–Kier alpha value is -1.79. The van der Waals surface area contributed by atoms with Crippen molar-refractivity contribution in [2.75, 3.05) is 39.8 Å². The third-order valence-corrected chi connectivity index (χ3v) is 5.26. The summed E-state index contributed by atoms with van der Waals surface area (Å²) in [6.45, 7) is 3.57. The van der Waals surface area contributed by atoms with E-state index in [2.05, 4.69) is 4.90 Å². The number of hydrogen-bond donors (Lipinski definition) is 0. The van der Waals surface area contributed by atoms with Crippen molar-refractivity contribution in [1.82, 2.24) is 9.80 Å². The fourth-order valence-electron chi connectivity index (χ4n) is 3.62. The van der Waals surface area contributed by atoms with Crippen molar-refractivity contribution in [3.05, 3.63) is 35.6 Å². The molecule has 1 aromatic rings. The first kappa shape index (κ1) is 18.0. The van der Waals surface area contributed by atoms with Crippen LogP contribution in [0.5, 0.6) is 0 Å². The van der Waals surface area contributed by atoms with Gasteiger partial charge in [-0.25, -0.2) is 4.39 Å². The highest BCUT2D eigenvalue weighted by Gasteiger charge is 2.40. The molecule has 3 rings (SSSR count). The quantitative estimate of drug-likeness (QED) is 0.765. The summed E-state index contributed by atoms with van der Waals surface area (Å²) >= 11 is 0. The van der Waals surface area contributed by atoms with Crippen molar-refractivity contribution in [1.29, 1.82) is 0 Å². The van der Waals surface area contributed by atoms with Gasteiger partial charge in [-0.1, -0.05) is 0 Å². The third kappa shape index (κ3) is 4.44. The van der Waals surface area contributed by atoms with Crippen LogP contribution in [0.3, 0.4) is 0 Å². The number of piperidine rings is 1. The molecule has 136 valence electrons. The number of morpholine rings is 1. The Morgan fingerprint density at radius 1 is 1.24 bits per heavy atom. The zero-order valence-electron chi connectivity index (χ0n) is 14.7. The van der Waals surface area contributed by atoms with E-state index in [-0.39, 0.29) is 29.7 Å². The number of likely N-dealkylation sites (N-methyl/N-ethyl adjacent to an activating group) is 1. The summed E-state index contributed by atoms with van der Waals surface area (Å²) in [6.07, 6.45) is 3.09. The van der Waals surface area contributed by atoms with Crippen LogP contribution in [0.25, 0.3) is 0 Å². The number of nitrogens with zero attached hydrogens (tertiary/aromatic N) is 2. The van der Waals surface area contributed by atoms with Gasteiger partial charge < -0.3 is 14.5 Å². The summed E-state index contributed by atoms with van der Waals surface area (Å²) in [7, 11) is 1.83. The van der Waals surface area contributed by atoms with Gasteiger partial charge >= 0.3 is 0 Å². The lowest BCUT2D eigenvalue weighted by atomic mass is 9.89. The summed E-state index contributed by atoms with van der Waals surface area (Å²) < 4.78 is 18.7. The number of likely N-dealkylation sites (tertiary alicyclic amines) is 1. The maximum Gasteiger partial charge on any atom is 0.248 e. The molecule has 1 amide bonds. The van der Waals surface area contributed by atoms with Crippen LogP contribution >= 0.6 is 0 Å². The summed E-state index contributed by atoms with van der Waals surface area (Å²) in [6, 6.07) is 5.73. The highest BCUT2D eigenvalue weighted by molar-refractivity contribution is 5.95. The van der Waals surface area contributed by atoms with Crippen molar-refractivity contribution in [2.45, 2.75) is 31.3 Å². The normalized spacial score (nSPS) is 20.9. The van der Waals surface area contributed by atoms with E-state index in [4.69, 9.17) is 4.74 Å². The molecule has 0 aromatic heterocycles. The maximum absolute atomic E-state index is 12.9. The lowest BCUT2D eigenvalue weighted by Crippen LogP contribution is -2.57. The molecule has 2 heterocycles. The van der Waals surface area contributed by atoms with E-state index in [1.807, 2.05) is 7.05 Å². The fraction of sp³-hybridized carbons (Fsp3) is 0.579. The van der Waals surface area contributed by atoms with Gasteiger partial charge in [0.25, 0.3) is 0 Å². The average molecular weight is 348 g/mol. The fourth-order valence-corrected chi connectivity index (χ4v) is 3.62. The molecule has 0 N–H and O–H groups in total. The average Bonchev–Trinajstić information content (AvgIpc) is 2.61. The van der Waals surface area contributed by atoms with Gasteiger partial charge in [-0.3, -0.25) is 9.59 Å². The minimum absolute atomic E-state index is 0.0485. The molecule has 0 saturated carbocycles. The van der Waals surface area contributed by atoms with Crippen LogP contribution < -0.4 is 0 Å². The number of Topliss-reactive ketones (excluding diaryl/α,β-unsaturated/α-hetero) is 1. The number of carbonyl (C=O) groups excluding carboxylic acids is 2. The monoisotopic (exact) mass is 348 g/mol. The smallest absolute Gasteiger partial charge is 0.248 e. The molecule has 0 radical (unpaired) electrons. The SMILES string of the molecule is CN1CC2(CCN(CCCC(=O)c3ccc(F)cc3)CC2)OCC1=O. The highest BCUT2D eigenvalue weighted by Crippen LogP contribution is 2.30. The van der Waals surface area contributed by atoms with Crippen LogP contribution in [0.4, 0.5) is 4.39 Å². The molecule has 0 unspecified atom stereocenters. The molecule has 0 bridgehead atoms. The summed E-state index contributed by atoms with van der Waals surface area (Å²) in [5.74, 6) is -0.215. The zero-order valence-corrected chi connectivity index (χ0v) is 14.7. The van der Waals surface area contributed by atoms with Crippen LogP contribution in [0.15, 0.2) is 24.3 Å². The third-order valence-electron chi connectivity index (χ3n) is 5.26. The van der Waals surface area contributed by atoms with E-state index in [1.54, 1.807) is 17.0 Å². The minimum atomic E-state index is -0.323. The first-order valence-electron chi connectivity index (χ1n) is 8.86. The summed E-state index contributed by atoms with van der Waals surface area (Å²) in [4.78, 5) is 27.8. The van der Waals surface area contributed by atoms with E-state index in [1.165, 1.54) is 12.1 Å². The van der Waals surface area contributed by atoms with Gasteiger partial charge in [0.2, 0.25) is 5.91 Å². The van der Waals surface area contributed by atoms with Crippen LogP contribution in [0.1, 0.15) is 36.0 Å². The molecular weight excluding hydrogens is 323 g/mol. The van der Waals surface area contributed by atoms with Crippen LogP contribution in [-0.4, -0.2) is 66.9 Å². The molecule has 6 heteroatoms. The number of ketones is 1. The number of rotatable bonds is 5. The van der Waals surface area contributed by atoms with Gasteiger partial charge in [-0.15, -0.1) is 0 Å². The molecule has 5 nitrogen and oxygen atoms in total. The van der Waals surface area contributed by atoms with E-state index < -0.39 is 0 Å². The number of ether oxygens (including phenoxy) is 1. The Labute approximate surface area is 147 Å². The number of benzene rings is 1. The summed E-state index contributed by atoms with van der Waals surface area (Å²) in [5, 5.41) is 0. The number of amides is 1. The Morgan fingerprint density at radius 2 is 1.92 bits per heavy atom. The van der Waals surface area contributed by atoms with Crippen molar-refractivity contribution in [2.24, 2.45) is 0 Å². The molecular formula is C19H25FN2O3. The lowest BCUT2D eigenvalue weighted by molar-refractivity contribution is -0.168. The van der Waals surface area contributed by atoms with E-state index in [9.17, 15) is 14.0 Å². The molecule has 1 spiro atoms. The van der Waals surface area contributed by atoms with E-state index in [0.717, 1.165) is 38.9 Å². The Balaban J connectivity index is 1.40. The highest BCUT2D eigenvalue weighted by atomic mass is 19.1. The van der Waals surface area contributed by atoms with Gasteiger partial charge in [-0.05, 0) is 50.1 Å². The van der Waals surface area contributed by atoms with Crippen LogP contribution in [0, 0.1) is 5.82 Å². The topological polar surface area (TPSA) is 49.9 Å². The molecule has 2 fully saturated rings. The summed E-state index contributed by atoms with van der Waals surface area (Å²) in [5.41, 5.74) is 0.380. The van der Waals surface area contributed by atoms with Crippen molar-refractivity contribution >= 4 is 11.7 Å². The Bertz CT molecular complexity index is 624. The standard InChI is InChI=1S/C19H25FN2O3/c1-21-14-19(25-13-18(21)24)8-11-22(12-9-19)10-2-3-17(23)15-4-6-16(20)7-5-15/h4-7H,2-3,8-14H2,1H3. The molecule has 0 aliphatic carbocycles. The second-order valence-electron chi connectivity index (χ2n) is 7.10. The zero-order chi connectivity index (χ0) is 17.9. The molecule has 2 saturated heterocycles. The molecule has 25 heavy (non-hydrogen) atoms. The predicted octanol–water partition coefficient (Wildman–Crippen LogP) is 2.11. The van der Waals surface area contributed by atoms with Crippen molar-refractivity contribution in [3.63, 3.8) is 0 Å². The van der Waals surface area contributed by atoms with Gasteiger partial charge in [0.15, 0.2) is 5.78 Å². The number of hydrogen-bond acceptors (Lipinski definition) is 4. The molecule has 1 aromatic carbocycles. The van der Waals surface area contributed by atoms with E-state index in [0.29, 0.717) is 18.5 Å². The van der Waals surface area contributed by atoms with Crippen LogP contribution in [0.2, 0.25) is 0 Å². The second kappa shape index (κ2) is 7.62. The van der Waals surface area contributed by atoms with Crippen molar-refractivity contribution in [3.8, 4) is 0 Å². The number of halogens is 1. The first-order valence-corrected chi connectivity index (χ1v) is 8.86. The number of carbonyl (C=O) groups is 2. The second-order valence-corrected chi connectivity index (χ2v) is 7.10. The van der Waals surface area contributed by atoms with Crippen LogP contribution in [-0.2, 0) is 9.53 Å². The predicted molar refractivity (Wildman–Crippen MR) is 92.0 cm³/mol. The molecule has 2 aliphatic rings. The molecule has 0 atom stereocenters. The van der Waals surface area contributed by atoms with Crippen molar-refractivity contribution < 1.29 is 18.7 Å². The van der Waals surface area contributed by atoms with Gasteiger partial charge in [0.1, 0.15) is 12.4 Å². The van der Waals surface area contributed by atoms with Gasteiger partial charge in [-0.2, -0.15) is 0 Å². The van der Waals surface area contributed by atoms with Gasteiger partial charge in [0.05, 0.1) is 5.60 Å². The Kier molecular flexibility index (Phi) is 5.49.